The van der Waals surface area contributed by atoms with Crippen LogP contribution in [0.2, 0.25) is 0 Å². The van der Waals surface area contributed by atoms with Crippen molar-refractivity contribution in [1.82, 2.24) is 45.2 Å². The maximum absolute atomic E-state index is 13.8. The number of unbranched alkanes of at least 4 members (excludes halogenated alkanes) is 1. The minimum atomic E-state index is -0.690. The second-order valence-corrected chi connectivity index (χ2v) is 34.7. The number of carbonyl (C=O) groups is 4. The Kier molecular flexibility index (Phi) is 19.8. The van der Waals surface area contributed by atoms with Crippen LogP contribution in [0.15, 0.2) is 48.8 Å². The third-order valence-electron chi connectivity index (χ3n) is 28.2. The van der Waals surface area contributed by atoms with Crippen LogP contribution in [0.5, 0.6) is 0 Å². The average molecular weight is 1330 g/mol. The van der Waals surface area contributed by atoms with Crippen LogP contribution in [0.1, 0.15) is 217 Å². The highest BCUT2D eigenvalue weighted by molar-refractivity contribution is 6.10. The third kappa shape index (κ3) is 13.7. The molecule has 97 heavy (non-hydrogen) atoms. The van der Waals surface area contributed by atoms with Gasteiger partial charge in [-0.2, -0.15) is 0 Å². The van der Waals surface area contributed by atoms with Crippen LogP contribution >= 0.6 is 0 Å². The van der Waals surface area contributed by atoms with E-state index >= 15 is 0 Å². The maximum atomic E-state index is 13.8. The number of alkyl carbamates (subject to hydrolysis) is 1. The second kappa shape index (κ2) is 27.6. The number of aliphatic hydroxyl groups excluding tert-OH is 1. The molecule has 2 aromatic carbocycles. The van der Waals surface area contributed by atoms with Gasteiger partial charge in [0.05, 0.1) is 12.4 Å². The number of carboxylic acids is 1. The third-order valence-corrected chi connectivity index (χ3v) is 28.2. The van der Waals surface area contributed by atoms with Gasteiger partial charge < -0.3 is 34.3 Å². The molecule has 0 bridgehead atoms. The van der Waals surface area contributed by atoms with Gasteiger partial charge in [0.2, 0.25) is 0 Å². The van der Waals surface area contributed by atoms with E-state index in [9.17, 15) is 29.4 Å². The molecule has 0 radical (unpaired) electrons. The summed E-state index contributed by atoms with van der Waals surface area (Å²) in [6.07, 6.45) is 26.1. The number of nitrogens with zero attached hydrogens (tertiary/aromatic N) is 7. The van der Waals surface area contributed by atoms with E-state index in [1.807, 2.05) is 45.3 Å². The zero-order valence-electron chi connectivity index (χ0n) is 60.3. The monoisotopic (exact) mass is 1330 g/mol. The summed E-state index contributed by atoms with van der Waals surface area (Å²) in [5.41, 5.74) is 5.27. The molecule has 8 aliphatic carbocycles. The largest absolute Gasteiger partial charge is 0.481 e. The number of aliphatic hydroxyl groups is 1. The van der Waals surface area contributed by atoms with Gasteiger partial charge in [-0.1, -0.05) is 96.5 Å². The van der Waals surface area contributed by atoms with Gasteiger partial charge in [0, 0.05) is 52.4 Å². The number of fused-ring (bicyclic) bond motifs is 13. The minimum Gasteiger partial charge on any atom is -0.481 e. The van der Waals surface area contributed by atoms with Crippen molar-refractivity contribution in [3.05, 3.63) is 48.8 Å². The molecule has 1 amide bonds. The standard InChI is InChI=1S/C79H115N9O9/c1-12-13-34-80-70(89)24-14-47(2)59-22-23-60-57-21-18-52-40-53(26-30-76(52,8)61(57)28-32-77(59,60)9)95-72(92)45-86-43-66(82-84-86)50-16-19-55-56-20-17-51(39-69(56)88(68(55)38-50)36-35-81-74(94)97-75(5,6)7)67-44-87(85-83-67)46-73(93)96-54-27-31-78(10)62-29-33-79(11)64(48(3)15-25-71(90)91)42-65(79)58(62)37-49(4)63(78)41-54/h16-17,19-20,38-39,43-44,47-49,52-54,57-65,70,80,89H,12-15,18,21-37,40-42,45-46H2,1-11H3,(H,81,94)(H,90,91)/t47-,48-,49+,52?,53?,54?,57?,58-,59?,60?,61?,62?,63+,64?,65?,70?,76?,77?,78?,79?/m1/s1. The van der Waals surface area contributed by atoms with Gasteiger partial charge in [0.25, 0.3) is 0 Å². The molecule has 0 saturated heterocycles. The predicted molar refractivity (Wildman–Crippen MR) is 375 cm³/mol. The van der Waals surface area contributed by atoms with Gasteiger partial charge in [0.15, 0.2) is 0 Å². The van der Waals surface area contributed by atoms with E-state index in [-0.39, 0.29) is 54.5 Å². The maximum Gasteiger partial charge on any atom is 0.407 e. The van der Waals surface area contributed by atoms with Crippen molar-refractivity contribution in [3.8, 4) is 22.5 Å². The highest BCUT2D eigenvalue weighted by atomic mass is 16.6. The number of nitrogens with one attached hydrogen (secondary N) is 2. The highest BCUT2D eigenvalue weighted by Crippen LogP contribution is 2.72. The van der Waals surface area contributed by atoms with E-state index in [0.29, 0.717) is 88.6 Å². The van der Waals surface area contributed by atoms with Gasteiger partial charge >= 0.3 is 24.0 Å². The Labute approximate surface area is 576 Å². The second-order valence-electron chi connectivity index (χ2n) is 34.7. The molecule has 15 unspecified atom stereocenters. The molecule has 18 heteroatoms. The predicted octanol–water partition coefficient (Wildman–Crippen LogP) is 15.5. The topological polar surface area (TPSA) is 227 Å². The van der Waals surface area contributed by atoms with E-state index in [1.165, 1.54) is 64.2 Å². The number of aromatic nitrogens is 7. The Morgan fingerprint density at radius 1 is 0.639 bits per heavy atom. The number of ether oxygens (including phenoxy) is 3. The Hall–Kier alpha value is -5.88. The van der Waals surface area contributed by atoms with Gasteiger partial charge in [-0.25, -0.2) is 14.2 Å². The lowest BCUT2D eigenvalue weighted by Gasteiger charge is -2.69. The first-order chi connectivity index (χ1) is 46.2. The Balaban J connectivity index is 0.630. The number of hydrogen-bond acceptors (Lipinski definition) is 13. The summed E-state index contributed by atoms with van der Waals surface area (Å²) in [5, 5.41) is 46.4. The van der Waals surface area contributed by atoms with E-state index in [1.54, 1.807) is 9.36 Å². The van der Waals surface area contributed by atoms with Crippen molar-refractivity contribution in [2.45, 2.75) is 261 Å². The fraction of sp³-hybridized carbons (Fsp3) is 0.747. The lowest BCUT2D eigenvalue weighted by atomic mass is 9.36. The normalized spacial score (nSPS) is 34.6. The summed E-state index contributed by atoms with van der Waals surface area (Å²) in [4.78, 5) is 52.0. The van der Waals surface area contributed by atoms with Gasteiger partial charge in [0.1, 0.15) is 48.5 Å². The minimum absolute atomic E-state index is 0.0265. The first-order valence-electron chi connectivity index (χ1n) is 38.1. The Bertz CT molecular complexity index is 3660. The molecule has 5 aromatic rings. The van der Waals surface area contributed by atoms with Crippen LogP contribution in [0.25, 0.3) is 44.3 Å². The number of aliphatic carboxylic acids is 1. The van der Waals surface area contributed by atoms with Crippen molar-refractivity contribution in [2.75, 3.05) is 13.1 Å². The molecule has 3 aromatic heterocycles. The number of amides is 1. The van der Waals surface area contributed by atoms with Gasteiger partial charge in [-0.05, 0) is 266 Å². The van der Waals surface area contributed by atoms with Crippen molar-refractivity contribution in [3.63, 3.8) is 0 Å². The molecule has 0 aliphatic heterocycles. The van der Waals surface area contributed by atoms with Crippen LogP contribution in [0.3, 0.4) is 0 Å². The molecule has 13 rings (SSSR count). The van der Waals surface area contributed by atoms with Crippen molar-refractivity contribution >= 4 is 45.8 Å². The first-order valence-corrected chi connectivity index (χ1v) is 38.1. The first kappa shape index (κ1) is 69.6. The molecule has 8 fully saturated rings. The summed E-state index contributed by atoms with van der Waals surface area (Å²) in [5.74, 6) is 7.05. The highest BCUT2D eigenvalue weighted by Gasteiger charge is 2.65. The van der Waals surface area contributed by atoms with Crippen LogP contribution in [0, 0.1) is 98.6 Å². The summed E-state index contributed by atoms with van der Waals surface area (Å²) in [6, 6.07) is 12.4. The fourth-order valence-electron chi connectivity index (χ4n) is 23.3. The zero-order valence-corrected chi connectivity index (χ0v) is 60.3. The van der Waals surface area contributed by atoms with Gasteiger partial charge in [-0.3, -0.25) is 19.7 Å². The molecule has 530 valence electrons. The molecule has 0 spiro atoms. The number of carboxylic acid groups (broad SMARTS) is 1. The quantitative estimate of drug-likeness (QED) is 0.0207. The van der Waals surface area contributed by atoms with Crippen LogP contribution < -0.4 is 10.6 Å². The van der Waals surface area contributed by atoms with E-state index in [2.05, 4.69) is 115 Å². The van der Waals surface area contributed by atoms with Crippen molar-refractivity contribution in [2.24, 2.45) is 98.6 Å². The van der Waals surface area contributed by atoms with E-state index in [4.69, 9.17) is 14.2 Å². The van der Waals surface area contributed by atoms with E-state index in [0.717, 1.165) is 134 Å². The number of benzene rings is 2. The van der Waals surface area contributed by atoms with Crippen molar-refractivity contribution in [1.29, 1.82) is 0 Å². The molecule has 8 aliphatic rings. The molecular formula is C79H115N9O9. The Morgan fingerprint density at radius 3 is 1.84 bits per heavy atom. The number of carbonyl (C=O) groups excluding carboxylic acids is 3. The summed E-state index contributed by atoms with van der Waals surface area (Å²) < 4.78 is 23.6. The van der Waals surface area contributed by atoms with Crippen LogP contribution in [0.4, 0.5) is 4.79 Å². The molecule has 20 atom stereocenters. The summed E-state index contributed by atoms with van der Waals surface area (Å²) in [6.45, 7) is 26.7. The summed E-state index contributed by atoms with van der Waals surface area (Å²) >= 11 is 0. The van der Waals surface area contributed by atoms with Crippen LogP contribution in [-0.4, -0.2) is 106 Å². The fourth-order valence-corrected chi connectivity index (χ4v) is 23.3. The lowest BCUT2D eigenvalue weighted by molar-refractivity contribution is -0.211. The smallest absolute Gasteiger partial charge is 0.407 e. The molecular weight excluding hydrogens is 1220 g/mol. The number of esters is 2. The number of rotatable bonds is 23. The van der Waals surface area contributed by atoms with Gasteiger partial charge in [-0.15, -0.1) is 10.2 Å². The molecule has 18 nitrogen and oxygen atoms in total. The molecule has 3 heterocycles. The number of hydrogen-bond donors (Lipinski definition) is 4. The Morgan fingerprint density at radius 2 is 1.22 bits per heavy atom. The van der Waals surface area contributed by atoms with Crippen molar-refractivity contribution < 1.29 is 43.6 Å². The molecule has 4 N–H and O–H groups in total. The van der Waals surface area contributed by atoms with E-state index < -0.39 is 23.9 Å². The average Bonchev–Trinajstić information content (AvgIpc) is 1.57. The van der Waals surface area contributed by atoms with Crippen LogP contribution in [-0.2, 0) is 48.2 Å². The SMILES string of the molecule is CCCCNC(O)CC[C@@H](C)C1CCC2C3CCC4CC(OC(=O)Cn5cc(-c6ccc7c8ccc(-c9cn(CC(=O)OC%10CCC%11(C)C%12CCC%13(C)C(CC%13[C@H](C)CCC(=O)O)[C@@H]%12C[C@H](C)[C@@H]%11C%10)nn9)cc8n(CCNC(=O)OC(C)(C)C)c7c6)nn5)CCC4(C)C3CCC21C. The lowest BCUT2D eigenvalue weighted by Crippen LogP contribution is -2.62. The molecule has 8 saturated carbocycles. The zero-order chi connectivity index (χ0) is 68.5. The summed E-state index contributed by atoms with van der Waals surface area (Å²) in [7, 11) is 0.